The number of hydrogen-bond donors (Lipinski definition) is 0. The Kier molecular flexibility index (Phi) is 6.03. The van der Waals surface area contributed by atoms with Crippen molar-refractivity contribution in [3.05, 3.63) is 60.7 Å². The van der Waals surface area contributed by atoms with E-state index in [0.29, 0.717) is 37.1 Å². The average Bonchev–Trinajstić information content (AvgIpc) is 2.92. The molecule has 1 heterocycles. The number of nitrogens with zero attached hydrogens (tertiary/aromatic N) is 1. The van der Waals surface area contributed by atoms with E-state index in [0.717, 1.165) is 12.0 Å². The molecule has 0 atom stereocenters. The zero-order chi connectivity index (χ0) is 19.3. The molecule has 3 rings (SSSR count). The van der Waals surface area contributed by atoms with Gasteiger partial charge in [-0.1, -0.05) is 24.8 Å². The molecule has 0 aliphatic carbocycles. The van der Waals surface area contributed by atoms with Gasteiger partial charge in [0.05, 0.1) is 18.1 Å². The van der Waals surface area contributed by atoms with Gasteiger partial charge in [0.2, 0.25) is 10.0 Å². The Bertz CT molecular complexity index is 893. The molecule has 2 aromatic rings. The minimum atomic E-state index is -3.65. The highest BCUT2D eigenvalue weighted by Gasteiger charge is 2.23. The van der Waals surface area contributed by atoms with Gasteiger partial charge in [-0.2, -0.15) is 4.31 Å². The van der Waals surface area contributed by atoms with Crippen LogP contribution in [0.3, 0.4) is 0 Å². The summed E-state index contributed by atoms with van der Waals surface area (Å²) in [5.74, 6) is 1.75. The Hall–Kier alpha value is -2.51. The van der Waals surface area contributed by atoms with E-state index in [1.165, 1.54) is 10.4 Å². The van der Waals surface area contributed by atoms with Crippen molar-refractivity contribution in [3.8, 4) is 17.2 Å². The molecular weight excluding hydrogens is 366 g/mol. The molecule has 27 heavy (non-hydrogen) atoms. The highest BCUT2D eigenvalue weighted by atomic mass is 32.2. The Morgan fingerprint density at radius 3 is 2.52 bits per heavy atom. The minimum absolute atomic E-state index is 0.181. The molecule has 0 saturated heterocycles. The Morgan fingerprint density at radius 2 is 1.81 bits per heavy atom. The predicted octanol–water partition coefficient (Wildman–Crippen LogP) is 3.23. The maximum atomic E-state index is 12.9. The first-order valence-corrected chi connectivity index (χ1v) is 10.1. The molecule has 0 fully saturated rings. The van der Waals surface area contributed by atoms with Crippen molar-refractivity contribution >= 4 is 10.0 Å². The zero-order valence-corrected chi connectivity index (χ0v) is 16.1. The fraction of sp³-hybridized carbons (Fsp3) is 0.300. The predicted molar refractivity (Wildman–Crippen MR) is 103 cm³/mol. The molecule has 1 aliphatic rings. The summed E-state index contributed by atoms with van der Waals surface area (Å²) in [7, 11) is -2.10. The van der Waals surface area contributed by atoms with Crippen LogP contribution in [0.5, 0.6) is 17.2 Å². The lowest BCUT2D eigenvalue weighted by atomic mass is 10.2. The van der Waals surface area contributed by atoms with Crippen LogP contribution in [0.1, 0.15) is 12.0 Å². The van der Waals surface area contributed by atoms with Gasteiger partial charge < -0.3 is 14.2 Å². The second-order valence-electron chi connectivity index (χ2n) is 6.16. The monoisotopic (exact) mass is 389 g/mol. The van der Waals surface area contributed by atoms with Crippen molar-refractivity contribution < 1.29 is 22.6 Å². The zero-order valence-electron chi connectivity index (χ0n) is 15.3. The third-order valence-electron chi connectivity index (χ3n) is 4.12. The molecule has 0 saturated carbocycles. The molecule has 7 heteroatoms. The summed E-state index contributed by atoms with van der Waals surface area (Å²) in [6.07, 6.45) is 2.44. The molecule has 6 nitrogen and oxygen atoms in total. The largest absolute Gasteiger partial charge is 0.490 e. The van der Waals surface area contributed by atoms with Crippen molar-refractivity contribution in [2.45, 2.75) is 17.9 Å². The van der Waals surface area contributed by atoms with E-state index in [1.807, 2.05) is 24.3 Å². The molecular formula is C20H23NO5S. The van der Waals surface area contributed by atoms with Crippen LogP contribution in [0.15, 0.2) is 60.0 Å². The fourth-order valence-electron chi connectivity index (χ4n) is 2.67. The van der Waals surface area contributed by atoms with Gasteiger partial charge in [-0.05, 0) is 29.8 Å². The van der Waals surface area contributed by atoms with Crippen LogP contribution in [0.2, 0.25) is 0 Å². The smallest absolute Gasteiger partial charge is 0.243 e. The number of ether oxygens (including phenoxy) is 3. The molecule has 0 bridgehead atoms. The summed E-state index contributed by atoms with van der Waals surface area (Å²) in [6, 6.07) is 12.0. The molecule has 0 N–H and O–H groups in total. The Labute approximate surface area is 160 Å². The van der Waals surface area contributed by atoms with Gasteiger partial charge in [0.1, 0.15) is 12.4 Å². The third kappa shape index (κ3) is 4.61. The quantitative estimate of drug-likeness (QED) is 0.680. The first-order valence-electron chi connectivity index (χ1n) is 8.69. The number of hydrogen-bond acceptors (Lipinski definition) is 5. The topological polar surface area (TPSA) is 65.1 Å². The highest BCUT2D eigenvalue weighted by molar-refractivity contribution is 7.89. The van der Waals surface area contributed by atoms with Gasteiger partial charge in [-0.25, -0.2) is 8.42 Å². The Balaban J connectivity index is 1.74. The van der Waals surface area contributed by atoms with Crippen molar-refractivity contribution in [2.24, 2.45) is 0 Å². The van der Waals surface area contributed by atoms with E-state index in [1.54, 1.807) is 25.3 Å². The normalized spacial score (nSPS) is 13.9. The van der Waals surface area contributed by atoms with Gasteiger partial charge in [0, 0.05) is 26.1 Å². The first kappa shape index (κ1) is 19.3. The fourth-order valence-corrected chi connectivity index (χ4v) is 3.85. The molecule has 0 spiro atoms. The van der Waals surface area contributed by atoms with Crippen molar-refractivity contribution in [1.82, 2.24) is 4.31 Å². The number of fused-ring (bicyclic) bond motifs is 1. The van der Waals surface area contributed by atoms with E-state index in [9.17, 15) is 8.42 Å². The summed E-state index contributed by atoms with van der Waals surface area (Å²) in [5, 5.41) is 0. The summed E-state index contributed by atoms with van der Waals surface area (Å²) in [4.78, 5) is 0.181. The summed E-state index contributed by atoms with van der Waals surface area (Å²) in [6.45, 7) is 5.35. The van der Waals surface area contributed by atoms with E-state index >= 15 is 0 Å². The summed E-state index contributed by atoms with van der Waals surface area (Å²) < 4.78 is 43.7. The van der Waals surface area contributed by atoms with Gasteiger partial charge in [-0.15, -0.1) is 0 Å². The van der Waals surface area contributed by atoms with Crippen LogP contribution in [0, 0.1) is 0 Å². The van der Waals surface area contributed by atoms with Gasteiger partial charge in [0.15, 0.2) is 11.5 Å². The standard InChI is InChI=1S/C20H23NO5S/c1-3-11-24-17-7-5-16(6-8-17)15-21(2)27(22,23)18-9-10-19-20(14-18)26-13-4-12-25-19/h3,5-10,14H,1,4,11-13,15H2,2H3. The van der Waals surface area contributed by atoms with E-state index in [4.69, 9.17) is 14.2 Å². The molecule has 0 amide bonds. The first-order chi connectivity index (χ1) is 13.0. The van der Waals surface area contributed by atoms with Crippen LogP contribution in [-0.4, -0.2) is 39.6 Å². The molecule has 144 valence electrons. The van der Waals surface area contributed by atoms with Gasteiger partial charge in [0.25, 0.3) is 0 Å². The molecule has 0 radical (unpaired) electrons. The Morgan fingerprint density at radius 1 is 1.11 bits per heavy atom. The molecule has 2 aromatic carbocycles. The highest BCUT2D eigenvalue weighted by Crippen LogP contribution is 2.33. The number of rotatable bonds is 7. The molecule has 0 unspecified atom stereocenters. The van der Waals surface area contributed by atoms with Crippen LogP contribution in [0.4, 0.5) is 0 Å². The minimum Gasteiger partial charge on any atom is -0.490 e. The lowest BCUT2D eigenvalue weighted by Crippen LogP contribution is -2.26. The summed E-state index contributed by atoms with van der Waals surface area (Å²) in [5.41, 5.74) is 0.862. The van der Waals surface area contributed by atoms with E-state index < -0.39 is 10.0 Å². The van der Waals surface area contributed by atoms with Crippen molar-refractivity contribution in [3.63, 3.8) is 0 Å². The van der Waals surface area contributed by atoms with Gasteiger partial charge in [-0.3, -0.25) is 0 Å². The van der Waals surface area contributed by atoms with Crippen LogP contribution < -0.4 is 14.2 Å². The van der Waals surface area contributed by atoms with Gasteiger partial charge >= 0.3 is 0 Å². The second kappa shape index (κ2) is 8.45. The maximum Gasteiger partial charge on any atom is 0.243 e. The van der Waals surface area contributed by atoms with E-state index in [-0.39, 0.29) is 11.4 Å². The third-order valence-corrected chi connectivity index (χ3v) is 5.92. The van der Waals surface area contributed by atoms with Crippen molar-refractivity contribution in [1.29, 1.82) is 0 Å². The van der Waals surface area contributed by atoms with Crippen LogP contribution in [-0.2, 0) is 16.6 Å². The van der Waals surface area contributed by atoms with Crippen LogP contribution >= 0.6 is 0 Å². The van der Waals surface area contributed by atoms with Crippen molar-refractivity contribution in [2.75, 3.05) is 26.9 Å². The lowest BCUT2D eigenvalue weighted by molar-refractivity contribution is 0.297. The van der Waals surface area contributed by atoms with E-state index in [2.05, 4.69) is 6.58 Å². The second-order valence-corrected chi connectivity index (χ2v) is 8.21. The SMILES string of the molecule is C=CCOc1ccc(CN(C)S(=O)(=O)c2ccc3c(c2)OCCCO3)cc1. The average molecular weight is 389 g/mol. The van der Waals surface area contributed by atoms with Crippen LogP contribution in [0.25, 0.3) is 0 Å². The number of benzene rings is 2. The number of sulfonamides is 1. The molecule has 0 aromatic heterocycles. The molecule has 1 aliphatic heterocycles. The summed E-state index contributed by atoms with van der Waals surface area (Å²) >= 11 is 0. The maximum absolute atomic E-state index is 12.9. The lowest BCUT2D eigenvalue weighted by Gasteiger charge is -2.18.